The monoisotopic (exact) mass is 532 g/mol. The van der Waals surface area contributed by atoms with Crippen LogP contribution in [0.2, 0.25) is 5.02 Å². The minimum Gasteiger partial charge on any atom is -0.493 e. The van der Waals surface area contributed by atoms with Gasteiger partial charge in [-0.05, 0) is 60.9 Å². The van der Waals surface area contributed by atoms with Crippen molar-refractivity contribution in [2.24, 2.45) is 0 Å². The van der Waals surface area contributed by atoms with E-state index in [0.29, 0.717) is 45.5 Å². The maximum Gasteiger partial charge on any atom is 0.296 e. The van der Waals surface area contributed by atoms with Gasteiger partial charge in [-0.3, -0.25) is 14.5 Å². The second kappa shape index (κ2) is 10.9. The van der Waals surface area contributed by atoms with Gasteiger partial charge in [0.05, 0.1) is 30.7 Å². The first kappa shape index (κ1) is 25.8. The van der Waals surface area contributed by atoms with Crippen molar-refractivity contribution >= 4 is 34.3 Å². The molecular weight excluding hydrogens is 504 g/mol. The zero-order valence-electron chi connectivity index (χ0n) is 21.6. The molecule has 0 N–H and O–H groups in total. The number of ether oxygens (including phenoxy) is 2. The number of rotatable bonds is 9. The number of aromatic nitrogens is 1. The Morgan fingerprint density at radius 1 is 1.03 bits per heavy atom. The first-order valence-electron chi connectivity index (χ1n) is 12.8. The molecule has 4 aromatic rings. The number of fused-ring (bicyclic) bond motifs is 2. The summed E-state index contributed by atoms with van der Waals surface area (Å²) in [6.07, 6.45) is 6.06. The van der Waals surface area contributed by atoms with Gasteiger partial charge < -0.3 is 13.9 Å². The Hall–Kier alpha value is -3.84. The molecule has 1 unspecified atom stereocenters. The average molecular weight is 533 g/mol. The van der Waals surface area contributed by atoms with Crippen molar-refractivity contribution in [1.82, 2.24) is 4.98 Å². The molecular formula is C30H29ClN2O5. The van der Waals surface area contributed by atoms with E-state index in [9.17, 15) is 9.59 Å². The van der Waals surface area contributed by atoms with Crippen LogP contribution < -0.4 is 19.8 Å². The third-order valence-electron chi connectivity index (χ3n) is 6.73. The van der Waals surface area contributed by atoms with Crippen LogP contribution in [-0.4, -0.2) is 24.6 Å². The van der Waals surface area contributed by atoms with Crippen molar-refractivity contribution in [3.05, 3.63) is 92.4 Å². The summed E-state index contributed by atoms with van der Waals surface area (Å²) in [7, 11) is 1.57. The number of carbonyl (C=O) groups excluding carboxylic acids is 1. The van der Waals surface area contributed by atoms with Gasteiger partial charge in [0.15, 0.2) is 16.9 Å². The van der Waals surface area contributed by atoms with Gasteiger partial charge in [-0.2, -0.15) is 0 Å². The number of aryl methyl sites for hydroxylation is 1. The predicted molar refractivity (Wildman–Crippen MR) is 148 cm³/mol. The molecule has 1 atom stereocenters. The molecule has 8 heteroatoms. The van der Waals surface area contributed by atoms with E-state index in [4.69, 9.17) is 25.5 Å². The zero-order chi connectivity index (χ0) is 26.8. The van der Waals surface area contributed by atoms with Crippen molar-refractivity contribution in [3.8, 4) is 11.5 Å². The van der Waals surface area contributed by atoms with Crippen LogP contribution in [0.15, 0.2) is 63.9 Å². The zero-order valence-corrected chi connectivity index (χ0v) is 22.4. The molecule has 5 rings (SSSR count). The lowest BCUT2D eigenvalue weighted by atomic mass is 9.98. The van der Waals surface area contributed by atoms with E-state index in [0.717, 1.165) is 24.8 Å². The molecule has 1 amide bonds. The van der Waals surface area contributed by atoms with Gasteiger partial charge in [0, 0.05) is 11.2 Å². The van der Waals surface area contributed by atoms with E-state index in [-0.39, 0.29) is 16.8 Å². The maximum absolute atomic E-state index is 13.8. The van der Waals surface area contributed by atoms with E-state index >= 15 is 0 Å². The smallest absolute Gasteiger partial charge is 0.296 e. The molecule has 2 aromatic carbocycles. The van der Waals surface area contributed by atoms with Crippen molar-refractivity contribution in [2.45, 2.75) is 45.6 Å². The number of anilines is 1. The number of amides is 1. The lowest BCUT2D eigenvalue weighted by Crippen LogP contribution is -2.30. The Bertz CT molecular complexity index is 1550. The van der Waals surface area contributed by atoms with Crippen molar-refractivity contribution in [1.29, 1.82) is 0 Å². The molecule has 1 aliphatic rings. The van der Waals surface area contributed by atoms with Gasteiger partial charge in [-0.15, -0.1) is 0 Å². The standard InChI is InChI=1S/C30H29ClN2O5/c1-4-5-6-7-14-37-23-11-9-19(15-24(23)36-3)27-26-28(34)21-16-20(31)10-12-22(21)38-29(26)30(35)33(27)25-13-8-18(2)17-32-25/h8-13,15-17,27H,4-7,14H2,1-3H3. The van der Waals surface area contributed by atoms with Crippen LogP contribution in [0.5, 0.6) is 11.5 Å². The number of carbonyl (C=O) groups is 1. The summed E-state index contributed by atoms with van der Waals surface area (Å²) in [6, 6.07) is 13.1. The molecule has 7 nitrogen and oxygen atoms in total. The lowest BCUT2D eigenvalue weighted by molar-refractivity contribution is 0.0970. The van der Waals surface area contributed by atoms with E-state index < -0.39 is 11.9 Å². The van der Waals surface area contributed by atoms with Crippen LogP contribution in [0, 0.1) is 6.92 Å². The number of hydrogen-bond acceptors (Lipinski definition) is 6. The van der Waals surface area contributed by atoms with Crippen LogP contribution in [-0.2, 0) is 0 Å². The van der Waals surface area contributed by atoms with Gasteiger partial charge in [0.25, 0.3) is 5.91 Å². The van der Waals surface area contributed by atoms with E-state index in [1.165, 1.54) is 11.3 Å². The highest BCUT2D eigenvalue weighted by atomic mass is 35.5. The summed E-state index contributed by atoms with van der Waals surface area (Å²) in [6.45, 7) is 4.67. The summed E-state index contributed by atoms with van der Waals surface area (Å²) >= 11 is 6.19. The van der Waals surface area contributed by atoms with Crippen molar-refractivity contribution in [3.63, 3.8) is 0 Å². The summed E-state index contributed by atoms with van der Waals surface area (Å²) in [5.74, 6) is 1.09. The second-order valence-corrected chi connectivity index (χ2v) is 9.84. The van der Waals surface area contributed by atoms with Crippen molar-refractivity contribution in [2.75, 3.05) is 18.6 Å². The Morgan fingerprint density at radius 2 is 1.87 bits per heavy atom. The van der Waals surface area contributed by atoms with Gasteiger partial charge in [-0.1, -0.05) is 49.9 Å². The lowest BCUT2D eigenvalue weighted by Gasteiger charge is -2.25. The third-order valence-corrected chi connectivity index (χ3v) is 6.97. The topological polar surface area (TPSA) is 81.9 Å². The molecule has 2 aromatic heterocycles. The molecule has 3 heterocycles. The first-order chi connectivity index (χ1) is 18.4. The van der Waals surface area contributed by atoms with Crippen LogP contribution in [0.4, 0.5) is 5.82 Å². The summed E-state index contributed by atoms with van der Waals surface area (Å²) in [5, 5.41) is 0.719. The summed E-state index contributed by atoms with van der Waals surface area (Å²) in [5.41, 5.74) is 1.84. The highest BCUT2D eigenvalue weighted by Crippen LogP contribution is 2.43. The number of halogens is 1. The maximum atomic E-state index is 13.8. The fourth-order valence-electron chi connectivity index (χ4n) is 4.78. The molecule has 0 bridgehead atoms. The minimum atomic E-state index is -0.778. The second-order valence-electron chi connectivity index (χ2n) is 9.41. The predicted octanol–water partition coefficient (Wildman–Crippen LogP) is 6.87. The van der Waals surface area contributed by atoms with Crippen LogP contribution >= 0.6 is 11.6 Å². The van der Waals surface area contributed by atoms with E-state index in [2.05, 4.69) is 11.9 Å². The number of hydrogen-bond donors (Lipinski definition) is 0. The number of methoxy groups -OCH3 is 1. The summed E-state index contributed by atoms with van der Waals surface area (Å²) < 4.78 is 17.6. The van der Waals surface area contributed by atoms with E-state index in [1.807, 2.05) is 25.1 Å². The molecule has 0 saturated heterocycles. The molecule has 0 fully saturated rings. The quantitative estimate of drug-likeness (QED) is 0.219. The fraction of sp³-hybridized carbons (Fsp3) is 0.300. The van der Waals surface area contributed by atoms with Crippen molar-refractivity contribution < 1.29 is 18.7 Å². The number of benzene rings is 2. The third kappa shape index (κ3) is 4.74. The van der Waals surface area contributed by atoms with E-state index in [1.54, 1.807) is 43.6 Å². The number of unbranched alkanes of at least 4 members (excludes halogenated alkanes) is 3. The largest absolute Gasteiger partial charge is 0.493 e. The molecule has 0 spiro atoms. The van der Waals surface area contributed by atoms with Gasteiger partial charge in [0.1, 0.15) is 11.4 Å². The SMILES string of the molecule is CCCCCCOc1ccc(C2c3c(oc4ccc(Cl)cc4c3=O)C(=O)N2c2ccc(C)cn2)cc1OC. The Balaban J connectivity index is 1.63. The Labute approximate surface area is 226 Å². The Morgan fingerprint density at radius 3 is 2.61 bits per heavy atom. The Kier molecular flexibility index (Phi) is 7.38. The van der Waals surface area contributed by atoms with Crippen LogP contribution in [0.25, 0.3) is 11.0 Å². The van der Waals surface area contributed by atoms with Gasteiger partial charge in [-0.25, -0.2) is 4.98 Å². The average Bonchev–Trinajstić information content (AvgIpc) is 3.22. The molecule has 0 aliphatic carbocycles. The molecule has 0 saturated carbocycles. The first-order valence-corrected chi connectivity index (χ1v) is 13.1. The minimum absolute atomic E-state index is 0.00702. The molecule has 1 aliphatic heterocycles. The van der Waals surface area contributed by atoms with Crippen LogP contribution in [0.1, 0.15) is 65.9 Å². The molecule has 0 radical (unpaired) electrons. The van der Waals surface area contributed by atoms with Gasteiger partial charge >= 0.3 is 0 Å². The summed E-state index contributed by atoms with van der Waals surface area (Å²) in [4.78, 5) is 33.5. The normalized spacial score (nSPS) is 14.7. The molecule has 38 heavy (non-hydrogen) atoms. The highest BCUT2D eigenvalue weighted by Gasteiger charge is 2.44. The van der Waals surface area contributed by atoms with Crippen LogP contribution in [0.3, 0.4) is 0 Å². The number of nitrogens with zero attached hydrogens (tertiary/aromatic N) is 2. The highest BCUT2D eigenvalue weighted by molar-refractivity contribution is 6.31. The number of pyridine rings is 1. The van der Waals surface area contributed by atoms with Gasteiger partial charge in [0.2, 0.25) is 5.76 Å². The molecule has 196 valence electrons. The fourth-order valence-corrected chi connectivity index (χ4v) is 4.96.